The molecule has 30 heavy (non-hydrogen) atoms. The molecule has 0 N–H and O–H groups in total. The number of benzene rings is 3. The van der Waals surface area contributed by atoms with E-state index in [1.807, 2.05) is 60.7 Å². The Bertz CT molecular complexity index is 1150. The molecule has 150 valence electrons. The Morgan fingerprint density at radius 2 is 1.27 bits per heavy atom. The summed E-state index contributed by atoms with van der Waals surface area (Å²) in [4.78, 5) is 4.96. The van der Waals surface area contributed by atoms with Crippen molar-refractivity contribution in [3.05, 3.63) is 84.9 Å². The SMILES string of the molecule is COc1ccc(-c2cc(-c3cccc(OC)c3)nc(-c3ccccc3OC)c2)cc1. The molecule has 0 atom stereocenters. The molecule has 0 saturated heterocycles. The smallest absolute Gasteiger partial charge is 0.128 e. The van der Waals surface area contributed by atoms with Crippen LogP contribution in [0.25, 0.3) is 33.6 Å². The van der Waals surface area contributed by atoms with E-state index in [1.165, 1.54) is 0 Å². The largest absolute Gasteiger partial charge is 0.497 e. The van der Waals surface area contributed by atoms with E-state index >= 15 is 0 Å². The Balaban J connectivity index is 1.91. The third-order valence-electron chi connectivity index (χ3n) is 5.00. The summed E-state index contributed by atoms with van der Waals surface area (Å²) in [5.41, 5.74) is 5.78. The maximum Gasteiger partial charge on any atom is 0.128 e. The first-order valence-electron chi connectivity index (χ1n) is 9.66. The summed E-state index contributed by atoms with van der Waals surface area (Å²) in [5.74, 6) is 2.40. The summed E-state index contributed by atoms with van der Waals surface area (Å²) in [6, 6.07) is 28.1. The quantitative estimate of drug-likeness (QED) is 0.394. The van der Waals surface area contributed by atoms with E-state index in [0.717, 1.165) is 50.9 Å². The van der Waals surface area contributed by atoms with E-state index in [4.69, 9.17) is 19.2 Å². The van der Waals surface area contributed by atoms with Gasteiger partial charge in [-0.05, 0) is 59.7 Å². The van der Waals surface area contributed by atoms with Crippen molar-refractivity contribution in [1.29, 1.82) is 0 Å². The lowest BCUT2D eigenvalue weighted by Gasteiger charge is -2.13. The molecule has 4 aromatic rings. The Morgan fingerprint density at radius 1 is 0.533 bits per heavy atom. The molecule has 0 saturated carbocycles. The van der Waals surface area contributed by atoms with Crippen molar-refractivity contribution in [3.8, 4) is 50.9 Å². The van der Waals surface area contributed by atoms with Crippen LogP contribution in [0.1, 0.15) is 0 Å². The van der Waals surface area contributed by atoms with Crippen molar-refractivity contribution in [2.75, 3.05) is 21.3 Å². The van der Waals surface area contributed by atoms with Gasteiger partial charge in [0.15, 0.2) is 0 Å². The predicted molar refractivity (Wildman–Crippen MR) is 120 cm³/mol. The maximum absolute atomic E-state index is 5.58. The van der Waals surface area contributed by atoms with Crippen molar-refractivity contribution in [1.82, 2.24) is 4.98 Å². The molecule has 4 rings (SSSR count). The molecule has 3 aromatic carbocycles. The lowest BCUT2D eigenvalue weighted by atomic mass is 9.99. The molecule has 0 spiro atoms. The van der Waals surface area contributed by atoms with Gasteiger partial charge in [0.1, 0.15) is 17.2 Å². The normalized spacial score (nSPS) is 10.5. The summed E-state index contributed by atoms with van der Waals surface area (Å²) >= 11 is 0. The van der Waals surface area contributed by atoms with Crippen molar-refractivity contribution < 1.29 is 14.2 Å². The van der Waals surface area contributed by atoms with E-state index < -0.39 is 0 Å². The van der Waals surface area contributed by atoms with Crippen molar-refractivity contribution in [2.45, 2.75) is 0 Å². The molecule has 0 aliphatic carbocycles. The zero-order chi connectivity index (χ0) is 20.9. The number of para-hydroxylation sites is 1. The topological polar surface area (TPSA) is 40.6 Å². The van der Waals surface area contributed by atoms with E-state index in [0.29, 0.717) is 0 Å². The van der Waals surface area contributed by atoms with Crippen molar-refractivity contribution in [2.24, 2.45) is 0 Å². The van der Waals surface area contributed by atoms with Crippen LogP contribution >= 0.6 is 0 Å². The first-order valence-corrected chi connectivity index (χ1v) is 9.66. The molecule has 0 radical (unpaired) electrons. The van der Waals surface area contributed by atoms with E-state index in [-0.39, 0.29) is 0 Å². The summed E-state index contributed by atoms with van der Waals surface area (Å²) in [7, 11) is 5.01. The number of rotatable bonds is 6. The van der Waals surface area contributed by atoms with Gasteiger partial charge < -0.3 is 14.2 Å². The summed E-state index contributed by atoms with van der Waals surface area (Å²) < 4.78 is 16.3. The number of aromatic nitrogens is 1. The molecule has 0 unspecified atom stereocenters. The van der Waals surface area contributed by atoms with Gasteiger partial charge in [0.25, 0.3) is 0 Å². The number of ether oxygens (including phenoxy) is 3. The molecule has 0 amide bonds. The fourth-order valence-corrected chi connectivity index (χ4v) is 3.41. The monoisotopic (exact) mass is 397 g/mol. The van der Waals surface area contributed by atoms with Gasteiger partial charge in [-0.1, -0.05) is 36.4 Å². The minimum Gasteiger partial charge on any atom is -0.497 e. The average Bonchev–Trinajstić information content (AvgIpc) is 2.83. The maximum atomic E-state index is 5.58. The Hall–Kier alpha value is -3.79. The Labute approximate surface area is 176 Å². The minimum atomic E-state index is 0.786. The molecule has 4 heteroatoms. The average molecular weight is 397 g/mol. The number of nitrogens with zero attached hydrogens (tertiary/aromatic N) is 1. The highest BCUT2D eigenvalue weighted by atomic mass is 16.5. The van der Waals surface area contributed by atoms with E-state index in [1.54, 1.807) is 21.3 Å². The van der Waals surface area contributed by atoms with Crippen LogP contribution in [0.15, 0.2) is 84.9 Å². The van der Waals surface area contributed by atoms with Gasteiger partial charge >= 0.3 is 0 Å². The Morgan fingerprint density at radius 3 is 2.00 bits per heavy atom. The van der Waals surface area contributed by atoms with Crippen LogP contribution in [0.5, 0.6) is 17.2 Å². The number of hydrogen-bond donors (Lipinski definition) is 0. The van der Waals surface area contributed by atoms with Gasteiger partial charge in [-0.25, -0.2) is 4.98 Å². The van der Waals surface area contributed by atoms with Gasteiger partial charge in [-0.15, -0.1) is 0 Å². The van der Waals surface area contributed by atoms with Gasteiger partial charge in [0, 0.05) is 11.1 Å². The minimum absolute atomic E-state index is 0.786. The van der Waals surface area contributed by atoms with Gasteiger partial charge in [-0.3, -0.25) is 0 Å². The standard InChI is InChI=1S/C26H23NO3/c1-28-21-13-11-18(12-14-21)20-16-24(19-7-6-8-22(15-19)29-2)27-25(17-20)23-9-4-5-10-26(23)30-3/h4-17H,1-3H3. The molecule has 1 aromatic heterocycles. The van der Waals surface area contributed by atoms with Crippen LogP contribution < -0.4 is 14.2 Å². The fraction of sp³-hybridized carbons (Fsp3) is 0.115. The zero-order valence-electron chi connectivity index (χ0n) is 17.3. The molecule has 4 nitrogen and oxygen atoms in total. The molecule has 0 fully saturated rings. The van der Waals surface area contributed by atoms with Crippen LogP contribution in [-0.4, -0.2) is 26.3 Å². The molecule has 0 aliphatic rings. The number of methoxy groups -OCH3 is 3. The fourth-order valence-electron chi connectivity index (χ4n) is 3.41. The van der Waals surface area contributed by atoms with Crippen molar-refractivity contribution in [3.63, 3.8) is 0 Å². The molecule has 0 aliphatic heterocycles. The first kappa shape index (κ1) is 19.5. The van der Waals surface area contributed by atoms with Crippen LogP contribution in [0.4, 0.5) is 0 Å². The number of pyridine rings is 1. The summed E-state index contributed by atoms with van der Waals surface area (Å²) in [6.07, 6.45) is 0. The Kier molecular flexibility index (Phi) is 5.66. The van der Waals surface area contributed by atoms with Crippen LogP contribution in [0.2, 0.25) is 0 Å². The lowest BCUT2D eigenvalue weighted by molar-refractivity contribution is 0.415. The third-order valence-corrected chi connectivity index (χ3v) is 5.00. The second kappa shape index (κ2) is 8.70. The highest BCUT2D eigenvalue weighted by Crippen LogP contribution is 2.35. The van der Waals surface area contributed by atoms with Crippen LogP contribution in [0.3, 0.4) is 0 Å². The summed E-state index contributed by atoms with van der Waals surface area (Å²) in [6.45, 7) is 0. The van der Waals surface area contributed by atoms with Gasteiger partial charge in [0.05, 0.1) is 32.7 Å². The second-order valence-corrected chi connectivity index (χ2v) is 6.79. The number of hydrogen-bond acceptors (Lipinski definition) is 4. The molecule has 1 heterocycles. The van der Waals surface area contributed by atoms with Crippen LogP contribution in [-0.2, 0) is 0 Å². The van der Waals surface area contributed by atoms with Gasteiger partial charge in [0.2, 0.25) is 0 Å². The lowest BCUT2D eigenvalue weighted by Crippen LogP contribution is -1.94. The highest BCUT2D eigenvalue weighted by molar-refractivity contribution is 5.79. The highest BCUT2D eigenvalue weighted by Gasteiger charge is 2.12. The van der Waals surface area contributed by atoms with Gasteiger partial charge in [-0.2, -0.15) is 0 Å². The molecule has 0 bridgehead atoms. The van der Waals surface area contributed by atoms with E-state index in [9.17, 15) is 0 Å². The zero-order valence-corrected chi connectivity index (χ0v) is 17.3. The van der Waals surface area contributed by atoms with Crippen molar-refractivity contribution >= 4 is 0 Å². The van der Waals surface area contributed by atoms with E-state index in [2.05, 4.69) is 24.3 Å². The predicted octanol–water partition coefficient (Wildman–Crippen LogP) is 6.11. The molecular formula is C26H23NO3. The second-order valence-electron chi connectivity index (χ2n) is 6.79. The summed E-state index contributed by atoms with van der Waals surface area (Å²) in [5, 5.41) is 0. The third kappa shape index (κ3) is 3.98. The first-order chi connectivity index (χ1) is 14.7. The van der Waals surface area contributed by atoms with Crippen LogP contribution in [0, 0.1) is 0 Å². The molecular weight excluding hydrogens is 374 g/mol.